The second kappa shape index (κ2) is 9.41. The average Bonchev–Trinajstić information content (AvgIpc) is 3.05. The maximum absolute atomic E-state index is 5.10. The van der Waals surface area contributed by atoms with E-state index in [0.717, 1.165) is 30.6 Å². The Morgan fingerprint density at radius 3 is 2.35 bits per heavy atom. The highest BCUT2D eigenvalue weighted by molar-refractivity contribution is 9.10. The van der Waals surface area contributed by atoms with E-state index >= 15 is 0 Å². The lowest BCUT2D eigenvalue weighted by molar-refractivity contribution is 0.207. The van der Waals surface area contributed by atoms with Crippen LogP contribution in [0.5, 0.6) is 0 Å². The number of benzene rings is 2. The molecule has 0 atom stereocenters. The smallest absolute Gasteiger partial charge is 0.206 e. The van der Waals surface area contributed by atoms with Gasteiger partial charge in [0.2, 0.25) is 4.80 Å². The molecule has 0 spiro atoms. The fourth-order valence-electron chi connectivity index (χ4n) is 2.24. The number of nitrogens with zero attached hydrogens (tertiary/aromatic N) is 3. The van der Waals surface area contributed by atoms with Crippen molar-refractivity contribution in [1.29, 1.82) is 0 Å². The first kappa shape index (κ1) is 19.2. The van der Waals surface area contributed by atoms with Crippen LogP contribution in [-0.4, -0.2) is 31.2 Å². The molecule has 0 aliphatic heterocycles. The average molecular weight is 495 g/mol. The van der Waals surface area contributed by atoms with Crippen molar-refractivity contribution < 1.29 is 4.74 Å². The molecule has 0 saturated carbocycles. The fraction of sp³-hybridized carbons (Fsp3) is 0.158. The van der Waals surface area contributed by atoms with Gasteiger partial charge in [-0.2, -0.15) is 5.10 Å². The van der Waals surface area contributed by atoms with Crippen molar-refractivity contribution in [2.24, 2.45) is 10.1 Å². The lowest BCUT2D eigenvalue weighted by atomic mass is 10.2. The molecule has 3 rings (SSSR count). The Morgan fingerprint density at radius 2 is 1.69 bits per heavy atom. The molecule has 1 aromatic heterocycles. The maximum atomic E-state index is 5.10. The summed E-state index contributed by atoms with van der Waals surface area (Å²) in [5.41, 5.74) is 3.12. The molecule has 0 saturated heterocycles. The minimum Gasteiger partial charge on any atom is -0.383 e. The highest BCUT2D eigenvalue weighted by atomic mass is 79.9. The van der Waals surface area contributed by atoms with E-state index in [-0.39, 0.29) is 0 Å². The van der Waals surface area contributed by atoms with Crippen molar-refractivity contribution in [2.75, 3.05) is 20.3 Å². The molecule has 0 bridgehead atoms. The predicted octanol–water partition coefficient (Wildman–Crippen LogP) is 5.17. The maximum Gasteiger partial charge on any atom is 0.206 e. The van der Waals surface area contributed by atoms with Crippen molar-refractivity contribution in [3.63, 3.8) is 0 Å². The fourth-order valence-corrected chi connectivity index (χ4v) is 3.64. The first-order chi connectivity index (χ1) is 12.7. The number of hydrogen-bond donors (Lipinski definition) is 0. The van der Waals surface area contributed by atoms with Gasteiger partial charge < -0.3 is 4.74 Å². The van der Waals surface area contributed by atoms with Crippen molar-refractivity contribution in [3.8, 4) is 11.3 Å². The van der Waals surface area contributed by atoms with Crippen LogP contribution in [0.15, 0.2) is 73.0 Å². The SMILES string of the molecule is COCCN=c1scc(-c2ccc(Br)cc2)n1/N=C/c1ccc(Br)cc1. The molecule has 1 heterocycles. The molecule has 3 aromatic rings. The van der Waals surface area contributed by atoms with Crippen LogP contribution in [0, 0.1) is 0 Å². The third kappa shape index (κ3) is 5.01. The first-order valence-electron chi connectivity index (χ1n) is 7.93. The third-order valence-corrected chi connectivity index (χ3v) is 5.47. The molecular weight excluding hydrogens is 478 g/mol. The van der Waals surface area contributed by atoms with Crippen LogP contribution in [0.1, 0.15) is 5.56 Å². The molecule has 4 nitrogen and oxygen atoms in total. The number of halogens is 2. The largest absolute Gasteiger partial charge is 0.383 e. The van der Waals surface area contributed by atoms with E-state index in [9.17, 15) is 0 Å². The molecule has 0 amide bonds. The van der Waals surface area contributed by atoms with Gasteiger partial charge in [0.05, 0.1) is 25.1 Å². The summed E-state index contributed by atoms with van der Waals surface area (Å²) in [5.74, 6) is 0. The molecule has 7 heteroatoms. The molecule has 0 unspecified atom stereocenters. The molecule has 0 fully saturated rings. The van der Waals surface area contributed by atoms with Gasteiger partial charge in [0, 0.05) is 27.0 Å². The van der Waals surface area contributed by atoms with Crippen molar-refractivity contribution in [2.45, 2.75) is 0 Å². The molecule has 0 aliphatic carbocycles. The van der Waals surface area contributed by atoms with E-state index in [2.05, 4.69) is 59.5 Å². The van der Waals surface area contributed by atoms with E-state index in [1.54, 1.807) is 18.4 Å². The van der Waals surface area contributed by atoms with E-state index < -0.39 is 0 Å². The van der Waals surface area contributed by atoms with Crippen LogP contribution >= 0.6 is 43.2 Å². The van der Waals surface area contributed by atoms with Crippen LogP contribution < -0.4 is 4.80 Å². The lowest BCUT2D eigenvalue weighted by Gasteiger charge is -2.04. The summed E-state index contributed by atoms with van der Waals surface area (Å²) in [7, 11) is 1.68. The minimum atomic E-state index is 0.585. The zero-order chi connectivity index (χ0) is 18.4. The van der Waals surface area contributed by atoms with Gasteiger partial charge in [0.25, 0.3) is 0 Å². The Labute approximate surface area is 173 Å². The van der Waals surface area contributed by atoms with Crippen LogP contribution in [0.2, 0.25) is 0 Å². The van der Waals surface area contributed by atoms with Gasteiger partial charge in [-0.3, -0.25) is 4.99 Å². The Bertz CT molecular complexity index is 944. The molecule has 2 aromatic carbocycles. The van der Waals surface area contributed by atoms with E-state index in [1.807, 2.05) is 47.3 Å². The summed E-state index contributed by atoms with van der Waals surface area (Å²) in [6.45, 7) is 1.19. The van der Waals surface area contributed by atoms with Crippen LogP contribution in [0.25, 0.3) is 11.3 Å². The highest BCUT2D eigenvalue weighted by Gasteiger charge is 2.07. The van der Waals surface area contributed by atoms with Crippen molar-refractivity contribution in [3.05, 3.63) is 73.2 Å². The number of ether oxygens (including phenoxy) is 1. The quantitative estimate of drug-likeness (QED) is 0.344. The Kier molecular flexibility index (Phi) is 6.96. The summed E-state index contributed by atoms with van der Waals surface area (Å²) in [6, 6.07) is 16.2. The number of thiazole rings is 1. The standard InChI is InChI=1S/C19H17Br2N3OS/c1-25-11-10-22-19-24(23-12-14-2-6-16(20)7-3-14)18(13-26-19)15-4-8-17(21)9-5-15/h2-9,12-13H,10-11H2,1H3/b22-19?,23-12+. The molecule has 0 radical (unpaired) electrons. The van der Waals surface area contributed by atoms with Crippen LogP contribution in [0.4, 0.5) is 0 Å². The van der Waals surface area contributed by atoms with Crippen LogP contribution in [-0.2, 0) is 4.74 Å². The summed E-state index contributed by atoms with van der Waals surface area (Å²) < 4.78 is 9.08. The number of aromatic nitrogens is 1. The minimum absolute atomic E-state index is 0.585. The Morgan fingerprint density at radius 1 is 1.04 bits per heavy atom. The highest BCUT2D eigenvalue weighted by Crippen LogP contribution is 2.22. The summed E-state index contributed by atoms with van der Waals surface area (Å²) in [5, 5.41) is 6.76. The lowest BCUT2D eigenvalue weighted by Crippen LogP contribution is -2.13. The van der Waals surface area contributed by atoms with Gasteiger partial charge in [-0.05, 0) is 29.8 Å². The molecule has 0 aliphatic rings. The van der Waals surface area contributed by atoms with Crippen molar-refractivity contribution >= 4 is 49.4 Å². The number of methoxy groups -OCH3 is 1. The number of rotatable bonds is 6. The van der Waals surface area contributed by atoms with Gasteiger partial charge >= 0.3 is 0 Å². The van der Waals surface area contributed by atoms with Gasteiger partial charge in [-0.1, -0.05) is 56.1 Å². The van der Waals surface area contributed by atoms with Gasteiger partial charge in [-0.25, -0.2) is 4.68 Å². The summed E-state index contributed by atoms with van der Waals surface area (Å²) >= 11 is 8.50. The van der Waals surface area contributed by atoms with Gasteiger partial charge in [0.1, 0.15) is 0 Å². The van der Waals surface area contributed by atoms with E-state index in [1.165, 1.54) is 0 Å². The first-order valence-corrected chi connectivity index (χ1v) is 10.4. The number of hydrogen-bond acceptors (Lipinski definition) is 4. The molecule has 0 N–H and O–H groups in total. The normalized spacial score (nSPS) is 12.2. The second-order valence-corrected chi connectivity index (χ2v) is 8.06. The van der Waals surface area contributed by atoms with E-state index in [4.69, 9.17) is 4.74 Å². The summed E-state index contributed by atoms with van der Waals surface area (Å²) in [4.78, 5) is 5.45. The van der Waals surface area contributed by atoms with Gasteiger partial charge in [0.15, 0.2) is 0 Å². The zero-order valence-corrected chi connectivity index (χ0v) is 18.1. The predicted molar refractivity (Wildman–Crippen MR) is 115 cm³/mol. The third-order valence-electron chi connectivity index (χ3n) is 3.56. The zero-order valence-electron chi connectivity index (χ0n) is 14.1. The molecular formula is C19H17Br2N3OS. The van der Waals surface area contributed by atoms with Crippen molar-refractivity contribution in [1.82, 2.24) is 4.68 Å². The topological polar surface area (TPSA) is 38.9 Å². The monoisotopic (exact) mass is 493 g/mol. The second-order valence-electron chi connectivity index (χ2n) is 5.39. The van der Waals surface area contributed by atoms with Gasteiger partial charge in [-0.15, -0.1) is 11.3 Å². The van der Waals surface area contributed by atoms with Crippen LogP contribution in [0.3, 0.4) is 0 Å². The van der Waals surface area contributed by atoms with E-state index in [0.29, 0.717) is 13.2 Å². The Balaban J connectivity index is 2.01. The molecule has 134 valence electrons. The molecule has 26 heavy (non-hydrogen) atoms. The Hall–Kier alpha value is -1.54. The summed E-state index contributed by atoms with van der Waals surface area (Å²) in [6.07, 6.45) is 1.84.